The molecule has 4 nitrogen and oxygen atoms in total. The zero-order valence-corrected chi connectivity index (χ0v) is 12.1. The standard InChI is InChI=1S/C16H23N3O/c1-17-15(20)19-12-4-7-16(8-10-18-11-9-16)13-5-2-3-6-14(13)19/h2-3,5-6,18H,4,7-12H2,1H3,(H,17,20). The Labute approximate surface area is 120 Å². The first kappa shape index (κ1) is 13.4. The average Bonchev–Trinajstić information content (AvgIpc) is 2.66. The second-order valence-electron chi connectivity index (χ2n) is 5.86. The zero-order valence-electron chi connectivity index (χ0n) is 12.1. The summed E-state index contributed by atoms with van der Waals surface area (Å²) in [6, 6.07) is 8.47. The van der Waals surface area contributed by atoms with E-state index in [1.165, 1.54) is 24.8 Å². The predicted molar refractivity (Wildman–Crippen MR) is 81.3 cm³/mol. The van der Waals surface area contributed by atoms with Crippen LogP contribution in [0, 0.1) is 0 Å². The average molecular weight is 273 g/mol. The summed E-state index contributed by atoms with van der Waals surface area (Å²) in [6.07, 6.45) is 4.60. The van der Waals surface area contributed by atoms with Gasteiger partial charge in [0.25, 0.3) is 0 Å². The van der Waals surface area contributed by atoms with E-state index in [0.29, 0.717) is 0 Å². The summed E-state index contributed by atoms with van der Waals surface area (Å²) in [5.41, 5.74) is 2.72. The Bertz CT molecular complexity index is 494. The first-order valence-electron chi connectivity index (χ1n) is 7.56. The molecule has 2 aliphatic heterocycles. The lowest BCUT2D eigenvalue weighted by Crippen LogP contribution is -2.40. The van der Waals surface area contributed by atoms with Crippen LogP contribution in [0.25, 0.3) is 0 Å². The molecular formula is C16H23N3O. The van der Waals surface area contributed by atoms with Crippen LogP contribution in [0.3, 0.4) is 0 Å². The minimum Gasteiger partial charge on any atom is -0.341 e. The van der Waals surface area contributed by atoms with Crippen molar-refractivity contribution in [1.82, 2.24) is 10.6 Å². The lowest BCUT2D eigenvalue weighted by atomic mass is 9.70. The van der Waals surface area contributed by atoms with E-state index in [2.05, 4.69) is 28.8 Å². The Balaban J connectivity index is 2.06. The number of hydrogen-bond acceptors (Lipinski definition) is 2. The molecule has 1 spiro atoms. The number of rotatable bonds is 0. The molecule has 2 heterocycles. The Kier molecular flexibility index (Phi) is 3.66. The largest absolute Gasteiger partial charge is 0.341 e. The number of nitrogens with zero attached hydrogens (tertiary/aromatic N) is 1. The molecule has 1 aromatic rings. The molecule has 3 rings (SSSR count). The SMILES string of the molecule is CNC(=O)N1CCCC2(CCNCC2)c2ccccc21. The molecule has 1 aromatic carbocycles. The van der Waals surface area contributed by atoms with Crippen molar-refractivity contribution in [2.45, 2.75) is 31.1 Å². The highest BCUT2D eigenvalue weighted by atomic mass is 16.2. The second kappa shape index (κ2) is 5.44. The molecule has 2 N–H and O–H groups in total. The monoisotopic (exact) mass is 273 g/mol. The van der Waals surface area contributed by atoms with Crippen molar-refractivity contribution in [1.29, 1.82) is 0 Å². The summed E-state index contributed by atoms with van der Waals surface area (Å²) in [5, 5.41) is 6.23. The van der Waals surface area contributed by atoms with E-state index < -0.39 is 0 Å². The topological polar surface area (TPSA) is 44.4 Å². The van der Waals surface area contributed by atoms with Crippen LogP contribution in [0.4, 0.5) is 10.5 Å². The number of piperidine rings is 1. The van der Waals surface area contributed by atoms with Gasteiger partial charge in [0.05, 0.1) is 0 Å². The Morgan fingerprint density at radius 2 is 2.00 bits per heavy atom. The highest BCUT2D eigenvalue weighted by Gasteiger charge is 2.38. The van der Waals surface area contributed by atoms with Crippen LogP contribution >= 0.6 is 0 Å². The van der Waals surface area contributed by atoms with Crippen molar-refractivity contribution in [3.8, 4) is 0 Å². The van der Waals surface area contributed by atoms with Crippen LogP contribution in [0.15, 0.2) is 24.3 Å². The first-order valence-corrected chi connectivity index (χ1v) is 7.56. The van der Waals surface area contributed by atoms with E-state index in [1.807, 2.05) is 11.0 Å². The molecule has 0 aromatic heterocycles. The number of nitrogens with one attached hydrogen (secondary N) is 2. The molecule has 0 aliphatic carbocycles. The Morgan fingerprint density at radius 3 is 2.75 bits per heavy atom. The van der Waals surface area contributed by atoms with E-state index >= 15 is 0 Å². The Hall–Kier alpha value is -1.55. The third-order valence-corrected chi connectivity index (χ3v) is 4.82. The molecule has 0 atom stereocenters. The van der Waals surface area contributed by atoms with Crippen molar-refractivity contribution in [3.05, 3.63) is 29.8 Å². The molecular weight excluding hydrogens is 250 g/mol. The van der Waals surface area contributed by atoms with Crippen LogP contribution in [0.5, 0.6) is 0 Å². The number of amides is 2. The van der Waals surface area contributed by atoms with Gasteiger partial charge in [-0.3, -0.25) is 4.90 Å². The fraction of sp³-hybridized carbons (Fsp3) is 0.562. The minimum atomic E-state index is 0.00318. The summed E-state index contributed by atoms with van der Waals surface area (Å²) in [6.45, 7) is 2.97. The van der Waals surface area contributed by atoms with Crippen LogP contribution in [-0.4, -0.2) is 32.7 Å². The normalized spacial score (nSPS) is 21.1. The maximum atomic E-state index is 12.2. The maximum absolute atomic E-state index is 12.2. The van der Waals surface area contributed by atoms with Gasteiger partial charge in [-0.1, -0.05) is 18.2 Å². The molecule has 2 aliphatic rings. The number of benzene rings is 1. The fourth-order valence-electron chi connectivity index (χ4n) is 3.76. The zero-order chi connectivity index (χ0) is 14.0. The summed E-state index contributed by atoms with van der Waals surface area (Å²) < 4.78 is 0. The van der Waals surface area contributed by atoms with Gasteiger partial charge in [0, 0.05) is 19.3 Å². The van der Waals surface area contributed by atoms with E-state index in [9.17, 15) is 4.79 Å². The quantitative estimate of drug-likeness (QED) is 0.761. The molecule has 1 fully saturated rings. The number of anilines is 1. The smallest absolute Gasteiger partial charge is 0.321 e. The van der Waals surface area contributed by atoms with E-state index in [4.69, 9.17) is 0 Å². The van der Waals surface area contributed by atoms with Crippen LogP contribution < -0.4 is 15.5 Å². The van der Waals surface area contributed by atoms with Gasteiger partial charge in [0.1, 0.15) is 0 Å². The molecule has 0 bridgehead atoms. The van der Waals surface area contributed by atoms with Crippen LogP contribution in [0.1, 0.15) is 31.2 Å². The van der Waals surface area contributed by atoms with Crippen molar-refractivity contribution in [3.63, 3.8) is 0 Å². The van der Waals surface area contributed by atoms with E-state index in [-0.39, 0.29) is 11.4 Å². The van der Waals surface area contributed by atoms with Gasteiger partial charge in [0.2, 0.25) is 0 Å². The van der Waals surface area contributed by atoms with Gasteiger partial charge in [0.15, 0.2) is 0 Å². The molecule has 0 unspecified atom stereocenters. The van der Waals surface area contributed by atoms with Crippen molar-refractivity contribution < 1.29 is 4.79 Å². The van der Waals surface area contributed by atoms with Gasteiger partial charge in [-0.25, -0.2) is 4.79 Å². The van der Waals surface area contributed by atoms with Gasteiger partial charge >= 0.3 is 6.03 Å². The van der Waals surface area contributed by atoms with Gasteiger partial charge in [-0.05, 0) is 55.8 Å². The maximum Gasteiger partial charge on any atom is 0.321 e. The molecule has 4 heteroatoms. The number of carbonyl (C=O) groups is 1. The summed E-state index contributed by atoms with van der Waals surface area (Å²) >= 11 is 0. The Morgan fingerprint density at radius 1 is 1.25 bits per heavy atom. The highest BCUT2D eigenvalue weighted by Crippen LogP contribution is 2.44. The molecule has 20 heavy (non-hydrogen) atoms. The molecule has 2 amide bonds. The molecule has 108 valence electrons. The van der Waals surface area contributed by atoms with Crippen LogP contribution in [0.2, 0.25) is 0 Å². The lowest BCUT2D eigenvalue weighted by molar-refractivity contribution is 0.248. The summed E-state index contributed by atoms with van der Waals surface area (Å²) in [4.78, 5) is 14.1. The van der Waals surface area contributed by atoms with Crippen molar-refractivity contribution >= 4 is 11.7 Å². The third kappa shape index (κ3) is 2.18. The number of hydrogen-bond donors (Lipinski definition) is 2. The predicted octanol–water partition coefficient (Wildman–Crippen LogP) is 2.25. The number of carbonyl (C=O) groups excluding carboxylic acids is 1. The number of para-hydroxylation sites is 1. The van der Waals surface area contributed by atoms with Gasteiger partial charge < -0.3 is 10.6 Å². The first-order chi connectivity index (χ1) is 9.77. The van der Waals surface area contributed by atoms with Crippen molar-refractivity contribution in [2.24, 2.45) is 0 Å². The lowest BCUT2D eigenvalue weighted by Gasteiger charge is -2.38. The second-order valence-corrected chi connectivity index (χ2v) is 5.86. The molecule has 1 saturated heterocycles. The molecule has 0 saturated carbocycles. The minimum absolute atomic E-state index is 0.00318. The van der Waals surface area contributed by atoms with Crippen molar-refractivity contribution in [2.75, 3.05) is 31.6 Å². The van der Waals surface area contributed by atoms with Crippen LogP contribution in [-0.2, 0) is 5.41 Å². The molecule has 0 radical (unpaired) electrons. The third-order valence-electron chi connectivity index (χ3n) is 4.82. The van der Waals surface area contributed by atoms with Gasteiger partial charge in [-0.15, -0.1) is 0 Å². The summed E-state index contributed by atoms with van der Waals surface area (Å²) in [7, 11) is 1.70. The fourth-order valence-corrected chi connectivity index (χ4v) is 3.76. The van der Waals surface area contributed by atoms with Gasteiger partial charge in [-0.2, -0.15) is 0 Å². The number of fused-ring (bicyclic) bond motifs is 2. The summed E-state index contributed by atoms with van der Waals surface area (Å²) in [5.74, 6) is 0. The van der Waals surface area contributed by atoms with E-state index in [0.717, 1.165) is 31.7 Å². The highest BCUT2D eigenvalue weighted by molar-refractivity contribution is 5.93. The van der Waals surface area contributed by atoms with E-state index in [1.54, 1.807) is 7.05 Å². The number of urea groups is 1.